The van der Waals surface area contributed by atoms with Crippen LogP contribution in [0.1, 0.15) is 16.7 Å². The number of benzene rings is 1. The van der Waals surface area contributed by atoms with Gasteiger partial charge in [-0.15, -0.1) is 0 Å². The summed E-state index contributed by atoms with van der Waals surface area (Å²) in [5.74, 6) is 0.501. The lowest BCUT2D eigenvalue weighted by Gasteiger charge is -2.13. The Hall–Kier alpha value is -1.59. The van der Waals surface area contributed by atoms with Crippen LogP contribution in [0.25, 0.3) is 0 Å². The first kappa shape index (κ1) is 14.5. The number of methoxy groups -OCH3 is 1. The standard InChI is InChI=1S/C13H20N2O3/c1-8-4-10(5-9(2)12(8)18-3)6-15-13(17)11(14)7-16/h4-5,11,16H,6-7,14H2,1-3H3,(H,15,17). The van der Waals surface area contributed by atoms with E-state index in [9.17, 15) is 4.79 Å². The Morgan fingerprint density at radius 1 is 1.44 bits per heavy atom. The lowest BCUT2D eigenvalue weighted by Crippen LogP contribution is -2.42. The predicted molar refractivity (Wildman–Crippen MR) is 69.4 cm³/mol. The van der Waals surface area contributed by atoms with Gasteiger partial charge in [-0.25, -0.2) is 0 Å². The number of carbonyl (C=O) groups is 1. The molecule has 0 aromatic heterocycles. The Morgan fingerprint density at radius 3 is 2.44 bits per heavy atom. The molecule has 1 atom stereocenters. The maximum absolute atomic E-state index is 11.4. The molecule has 0 heterocycles. The maximum Gasteiger partial charge on any atom is 0.239 e. The zero-order valence-electron chi connectivity index (χ0n) is 11.0. The molecule has 0 bridgehead atoms. The Morgan fingerprint density at radius 2 is 2.00 bits per heavy atom. The van der Waals surface area contributed by atoms with Crippen LogP contribution in [-0.4, -0.2) is 30.8 Å². The van der Waals surface area contributed by atoms with Crippen LogP contribution in [-0.2, 0) is 11.3 Å². The van der Waals surface area contributed by atoms with Crippen molar-refractivity contribution in [2.45, 2.75) is 26.4 Å². The monoisotopic (exact) mass is 252 g/mol. The third-order valence-electron chi connectivity index (χ3n) is 2.72. The predicted octanol–water partition coefficient (Wildman–Crippen LogP) is 0.248. The fourth-order valence-electron chi connectivity index (χ4n) is 1.87. The summed E-state index contributed by atoms with van der Waals surface area (Å²) in [7, 11) is 1.64. The lowest BCUT2D eigenvalue weighted by molar-refractivity contribution is -0.123. The summed E-state index contributed by atoms with van der Waals surface area (Å²) in [5, 5.41) is 11.4. The van der Waals surface area contributed by atoms with Crippen molar-refractivity contribution >= 4 is 5.91 Å². The Balaban J connectivity index is 2.72. The smallest absolute Gasteiger partial charge is 0.239 e. The fraction of sp³-hybridized carbons (Fsp3) is 0.462. The summed E-state index contributed by atoms with van der Waals surface area (Å²) in [4.78, 5) is 11.4. The molecule has 0 aliphatic carbocycles. The first-order chi connectivity index (χ1) is 8.49. The summed E-state index contributed by atoms with van der Waals surface area (Å²) in [5.41, 5.74) is 8.42. The minimum absolute atomic E-state index is 0.355. The van der Waals surface area contributed by atoms with Crippen molar-refractivity contribution in [2.24, 2.45) is 5.73 Å². The summed E-state index contributed by atoms with van der Waals surface area (Å²) in [6, 6.07) is 3.04. The topological polar surface area (TPSA) is 84.6 Å². The van der Waals surface area contributed by atoms with E-state index in [-0.39, 0.29) is 12.5 Å². The van der Waals surface area contributed by atoms with Gasteiger partial charge in [-0.2, -0.15) is 0 Å². The normalized spacial score (nSPS) is 12.1. The van der Waals surface area contributed by atoms with Crippen molar-refractivity contribution in [1.82, 2.24) is 5.32 Å². The molecular formula is C13H20N2O3. The highest BCUT2D eigenvalue weighted by molar-refractivity contribution is 5.81. The van der Waals surface area contributed by atoms with Crippen LogP contribution in [0.3, 0.4) is 0 Å². The number of aryl methyl sites for hydroxylation is 2. The van der Waals surface area contributed by atoms with E-state index >= 15 is 0 Å². The molecule has 1 amide bonds. The van der Waals surface area contributed by atoms with Crippen LogP contribution < -0.4 is 15.8 Å². The molecule has 0 radical (unpaired) electrons. The van der Waals surface area contributed by atoms with Crippen LogP contribution in [0.2, 0.25) is 0 Å². The molecule has 1 aromatic carbocycles. The van der Waals surface area contributed by atoms with Crippen molar-refractivity contribution in [1.29, 1.82) is 0 Å². The molecule has 1 aromatic rings. The van der Waals surface area contributed by atoms with E-state index in [1.54, 1.807) is 7.11 Å². The van der Waals surface area contributed by atoms with E-state index in [4.69, 9.17) is 15.6 Å². The second-order valence-electron chi connectivity index (χ2n) is 4.27. The third-order valence-corrected chi connectivity index (χ3v) is 2.72. The summed E-state index contributed by atoms with van der Waals surface area (Å²) < 4.78 is 5.27. The molecule has 0 spiro atoms. The number of carbonyl (C=O) groups excluding carboxylic acids is 1. The molecule has 0 aliphatic rings. The molecule has 0 aliphatic heterocycles. The zero-order valence-corrected chi connectivity index (χ0v) is 11.0. The second kappa shape index (κ2) is 6.37. The second-order valence-corrected chi connectivity index (χ2v) is 4.27. The van der Waals surface area contributed by atoms with Crippen molar-refractivity contribution in [2.75, 3.05) is 13.7 Å². The molecule has 0 fully saturated rings. The molecule has 18 heavy (non-hydrogen) atoms. The Bertz CT molecular complexity index is 409. The largest absolute Gasteiger partial charge is 0.496 e. The number of aliphatic hydroxyl groups is 1. The highest BCUT2D eigenvalue weighted by Crippen LogP contribution is 2.24. The quantitative estimate of drug-likeness (QED) is 0.701. The van der Waals surface area contributed by atoms with Crippen LogP contribution >= 0.6 is 0 Å². The summed E-state index contributed by atoms with van der Waals surface area (Å²) in [6.45, 7) is 3.94. The molecule has 5 nitrogen and oxygen atoms in total. The summed E-state index contributed by atoms with van der Waals surface area (Å²) in [6.07, 6.45) is 0. The molecule has 0 saturated carbocycles. The Kier molecular flexibility index (Phi) is 5.12. The Labute approximate surface area is 107 Å². The van der Waals surface area contributed by atoms with Gasteiger partial charge in [0.05, 0.1) is 13.7 Å². The van der Waals surface area contributed by atoms with E-state index in [0.717, 1.165) is 22.4 Å². The van der Waals surface area contributed by atoms with Crippen molar-refractivity contribution in [3.05, 3.63) is 28.8 Å². The number of ether oxygens (including phenoxy) is 1. The van der Waals surface area contributed by atoms with Crippen LogP contribution in [0.5, 0.6) is 5.75 Å². The number of hydrogen-bond donors (Lipinski definition) is 3. The zero-order chi connectivity index (χ0) is 13.7. The molecule has 1 rings (SSSR count). The maximum atomic E-state index is 11.4. The van der Waals surface area contributed by atoms with Gasteiger partial charge in [-0.1, -0.05) is 12.1 Å². The number of amides is 1. The molecule has 5 heteroatoms. The van der Waals surface area contributed by atoms with Gasteiger partial charge in [0.1, 0.15) is 11.8 Å². The fourth-order valence-corrected chi connectivity index (χ4v) is 1.87. The average molecular weight is 252 g/mol. The van der Waals surface area contributed by atoms with E-state index in [2.05, 4.69) is 5.32 Å². The van der Waals surface area contributed by atoms with Crippen molar-refractivity contribution in [3.63, 3.8) is 0 Å². The minimum atomic E-state index is -0.870. The third kappa shape index (κ3) is 3.45. The molecule has 4 N–H and O–H groups in total. The number of rotatable bonds is 5. The van der Waals surface area contributed by atoms with Crippen LogP contribution in [0.4, 0.5) is 0 Å². The molecule has 0 saturated heterocycles. The lowest BCUT2D eigenvalue weighted by atomic mass is 10.1. The molecule has 1 unspecified atom stereocenters. The number of aliphatic hydroxyl groups excluding tert-OH is 1. The van der Waals surface area contributed by atoms with E-state index in [1.807, 2.05) is 26.0 Å². The first-order valence-electron chi connectivity index (χ1n) is 5.77. The SMILES string of the molecule is COc1c(C)cc(CNC(=O)C(N)CO)cc1C. The number of nitrogens with one attached hydrogen (secondary N) is 1. The minimum Gasteiger partial charge on any atom is -0.496 e. The van der Waals surface area contributed by atoms with E-state index in [1.165, 1.54) is 0 Å². The van der Waals surface area contributed by atoms with Gasteiger partial charge in [0.2, 0.25) is 5.91 Å². The highest BCUT2D eigenvalue weighted by atomic mass is 16.5. The highest BCUT2D eigenvalue weighted by Gasteiger charge is 2.12. The van der Waals surface area contributed by atoms with E-state index in [0.29, 0.717) is 6.54 Å². The van der Waals surface area contributed by atoms with Crippen molar-refractivity contribution in [3.8, 4) is 5.75 Å². The van der Waals surface area contributed by atoms with Gasteiger partial charge in [-0.3, -0.25) is 4.79 Å². The molecular weight excluding hydrogens is 232 g/mol. The van der Waals surface area contributed by atoms with Gasteiger partial charge in [-0.05, 0) is 30.5 Å². The number of nitrogens with two attached hydrogens (primary N) is 1. The average Bonchev–Trinajstić information content (AvgIpc) is 2.34. The van der Waals surface area contributed by atoms with Crippen LogP contribution in [0.15, 0.2) is 12.1 Å². The van der Waals surface area contributed by atoms with Crippen LogP contribution in [0, 0.1) is 13.8 Å². The number of hydrogen-bond acceptors (Lipinski definition) is 4. The van der Waals surface area contributed by atoms with Gasteiger partial charge in [0.25, 0.3) is 0 Å². The van der Waals surface area contributed by atoms with Crippen molar-refractivity contribution < 1.29 is 14.6 Å². The van der Waals surface area contributed by atoms with E-state index < -0.39 is 6.04 Å². The molecule has 100 valence electrons. The van der Waals surface area contributed by atoms with Gasteiger partial charge < -0.3 is 20.9 Å². The van der Waals surface area contributed by atoms with Gasteiger partial charge >= 0.3 is 0 Å². The van der Waals surface area contributed by atoms with Gasteiger partial charge in [0, 0.05) is 6.54 Å². The first-order valence-corrected chi connectivity index (χ1v) is 5.77. The summed E-state index contributed by atoms with van der Waals surface area (Å²) >= 11 is 0. The van der Waals surface area contributed by atoms with Gasteiger partial charge in [0.15, 0.2) is 0 Å².